The van der Waals surface area contributed by atoms with E-state index < -0.39 is 5.97 Å². The van der Waals surface area contributed by atoms with Crippen molar-refractivity contribution in [1.29, 1.82) is 0 Å². The monoisotopic (exact) mass is 283 g/mol. The van der Waals surface area contributed by atoms with Crippen molar-refractivity contribution in [2.24, 2.45) is 21.7 Å². The molecule has 0 radical (unpaired) electrons. The van der Waals surface area contributed by atoms with Gasteiger partial charge in [-0.3, -0.25) is 4.98 Å². The van der Waals surface area contributed by atoms with Gasteiger partial charge in [0.05, 0.1) is 11.8 Å². The van der Waals surface area contributed by atoms with E-state index in [2.05, 4.69) is 15.2 Å². The van der Waals surface area contributed by atoms with Gasteiger partial charge in [0.25, 0.3) is 0 Å². The van der Waals surface area contributed by atoms with Crippen molar-refractivity contribution >= 4 is 18.1 Å². The highest BCUT2D eigenvalue weighted by molar-refractivity contribution is 5.89. The van der Waals surface area contributed by atoms with E-state index in [1.165, 1.54) is 12.4 Å². The van der Waals surface area contributed by atoms with Gasteiger partial charge in [-0.25, -0.2) is 4.79 Å². The molecule has 1 aromatic carbocycles. The molecule has 0 unspecified atom stereocenters. The molecule has 0 saturated heterocycles. The molecule has 1 aromatic heterocycles. The molecular weight excluding hydrogens is 270 g/mol. The maximum atomic E-state index is 10.9. The number of hydrogen-bond acceptors (Lipinski definition) is 4. The lowest BCUT2D eigenvalue weighted by atomic mass is 10.0. The minimum Gasteiger partial charge on any atom is -0.478 e. The number of benzene rings is 1. The maximum Gasteiger partial charge on any atom is 0.337 e. The van der Waals surface area contributed by atoms with Crippen LogP contribution in [0.3, 0.4) is 0 Å². The third kappa shape index (κ3) is 3.87. The van der Waals surface area contributed by atoms with Gasteiger partial charge in [-0.1, -0.05) is 24.3 Å². The van der Waals surface area contributed by atoms with Crippen LogP contribution in [0.25, 0.3) is 11.1 Å². The van der Waals surface area contributed by atoms with Crippen LogP contribution in [0, 0.1) is 0 Å². The highest BCUT2D eigenvalue weighted by atomic mass is 16.4. The van der Waals surface area contributed by atoms with Crippen molar-refractivity contribution in [2.45, 2.75) is 0 Å². The van der Waals surface area contributed by atoms with E-state index in [-0.39, 0.29) is 11.5 Å². The summed E-state index contributed by atoms with van der Waals surface area (Å²) in [6.45, 7) is 0. The lowest BCUT2D eigenvalue weighted by Crippen LogP contribution is -2.21. The molecule has 0 aliphatic heterocycles. The molecule has 21 heavy (non-hydrogen) atoms. The number of hydrogen-bond donors (Lipinski definition) is 3. The predicted octanol–water partition coefficient (Wildman–Crippen LogP) is 1.05. The molecule has 106 valence electrons. The Labute approximate surface area is 120 Å². The Morgan fingerprint density at radius 1 is 1.14 bits per heavy atom. The van der Waals surface area contributed by atoms with Crippen molar-refractivity contribution in [3.05, 3.63) is 53.9 Å². The van der Waals surface area contributed by atoms with Crippen LogP contribution in [0.15, 0.2) is 52.9 Å². The first-order chi connectivity index (χ1) is 10.1. The van der Waals surface area contributed by atoms with Crippen LogP contribution >= 0.6 is 0 Å². The summed E-state index contributed by atoms with van der Waals surface area (Å²) < 4.78 is 0. The number of nitrogens with two attached hydrogens (primary N) is 2. The van der Waals surface area contributed by atoms with E-state index in [0.29, 0.717) is 0 Å². The maximum absolute atomic E-state index is 10.9. The van der Waals surface area contributed by atoms with Crippen LogP contribution in [-0.2, 0) is 0 Å². The molecular formula is C14H13N5O2. The Hall–Kier alpha value is -3.22. The number of carboxylic acids is 1. The lowest BCUT2D eigenvalue weighted by Gasteiger charge is -2.02. The molecule has 0 fully saturated rings. The van der Waals surface area contributed by atoms with Crippen molar-refractivity contribution in [3.8, 4) is 11.1 Å². The second-order valence-electron chi connectivity index (χ2n) is 4.16. The zero-order valence-electron chi connectivity index (χ0n) is 11.0. The second kappa shape index (κ2) is 6.29. The average Bonchev–Trinajstić information content (AvgIpc) is 2.48. The summed E-state index contributed by atoms with van der Waals surface area (Å²) in [6.07, 6.45) is 4.42. The van der Waals surface area contributed by atoms with Crippen molar-refractivity contribution in [2.75, 3.05) is 0 Å². The van der Waals surface area contributed by atoms with Crippen LogP contribution in [0.5, 0.6) is 0 Å². The lowest BCUT2D eigenvalue weighted by molar-refractivity contribution is 0.0696. The summed E-state index contributed by atoms with van der Waals surface area (Å²) in [4.78, 5) is 14.8. The number of nitrogens with zero attached hydrogens (tertiary/aromatic N) is 3. The number of carbonyl (C=O) groups is 1. The fourth-order valence-electron chi connectivity index (χ4n) is 1.64. The van der Waals surface area contributed by atoms with E-state index in [1.807, 2.05) is 24.3 Å². The fourth-order valence-corrected chi connectivity index (χ4v) is 1.64. The smallest absolute Gasteiger partial charge is 0.337 e. The van der Waals surface area contributed by atoms with Gasteiger partial charge >= 0.3 is 5.97 Å². The zero-order valence-corrected chi connectivity index (χ0v) is 11.0. The van der Waals surface area contributed by atoms with Crippen LogP contribution in [-0.4, -0.2) is 28.2 Å². The first-order valence-electron chi connectivity index (χ1n) is 5.97. The third-order valence-corrected chi connectivity index (χ3v) is 2.61. The van der Waals surface area contributed by atoms with E-state index in [0.717, 1.165) is 16.7 Å². The van der Waals surface area contributed by atoms with E-state index in [9.17, 15) is 4.79 Å². The van der Waals surface area contributed by atoms with Gasteiger partial charge < -0.3 is 16.6 Å². The van der Waals surface area contributed by atoms with Crippen LogP contribution in [0.2, 0.25) is 0 Å². The SMILES string of the molecule is NC(N)=NN=Cc1ccc(-c2cncc(C(=O)O)c2)cc1. The van der Waals surface area contributed by atoms with Crippen LogP contribution < -0.4 is 11.5 Å². The quantitative estimate of drug-likeness (QED) is 0.439. The first-order valence-corrected chi connectivity index (χ1v) is 5.97. The van der Waals surface area contributed by atoms with Crippen LogP contribution in [0.4, 0.5) is 0 Å². The molecule has 5 N–H and O–H groups in total. The van der Waals surface area contributed by atoms with Crippen molar-refractivity contribution < 1.29 is 9.90 Å². The minimum atomic E-state index is -1.01. The number of aromatic nitrogens is 1. The standard InChI is InChI=1S/C14H13N5O2/c15-14(16)19-18-6-9-1-3-10(4-2-9)11-5-12(13(20)21)8-17-7-11/h1-8H,(H,20,21)(H4,15,16,19). The van der Waals surface area contributed by atoms with E-state index in [4.69, 9.17) is 16.6 Å². The van der Waals surface area contributed by atoms with Gasteiger partial charge in [0.15, 0.2) is 0 Å². The summed E-state index contributed by atoms with van der Waals surface area (Å²) in [6, 6.07) is 8.86. The van der Waals surface area contributed by atoms with Gasteiger partial charge in [0, 0.05) is 18.0 Å². The molecule has 7 nitrogen and oxygen atoms in total. The number of guanidine groups is 1. The topological polar surface area (TPSA) is 127 Å². The highest BCUT2D eigenvalue weighted by Crippen LogP contribution is 2.19. The molecule has 0 atom stereocenters. The van der Waals surface area contributed by atoms with Gasteiger partial charge in [-0.15, -0.1) is 5.10 Å². The molecule has 0 aliphatic rings. The van der Waals surface area contributed by atoms with Gasteiger partial charge in [0.1, 0.15) is 0 Å². The largest absolute Gasteiger partial charge is 0.478 e. The first kappa shape index (κ1) is 14.2. The van der Waals surface area contributed by atoms with E-state index >= 15 is 0 Å². The molecule has 2 rings (SSSR count). The molecule has 1 heterocycles. The van der Waals surface area contributed by atoms with E-state index in [1.54, 1.807) is 12.3 Å². The summed E-state index contributed by atoms with van der Waals surface area (Å²) in [5, 5.41) is 16.2. The van der Waals surface area contributed by atoms with Gasteiger partial charge in [0.2, 0.25) is 5.96 Å². The summed E-state index contributed by atoms with van der Waals surface area (Å²) in [7, 11) is 0. The average molecular weight is 283 g/mol. The number of aromatic carboxylic acids is 1. The molecule has 0 bridgehead atoms. The molecule has 2 aromatic rings. The molecule has 0 aliphatic carbocycles. The Morgan fingerprint density at radius 3 is 2.48 bits per heavy atom. The molecule has 0 amide bonds. The number of carboxylic acid groups (broad SMARTS) is 1. The normalized spacial score (nSPS) is 10.5. The highest BCUT2D eigenvalue weighted by Gasteiger charge is 2.05. The van der Waals surface area contributed by atoms with Gasteiger partial charge in [-0.05, 0) is 17.2 Å². The molecule has 0 saturated carbocycles. The Balaban J connectivity index is 2.23. The van der Waals surface area contributed by atoms with Crippen molar-refractivity contribution in [1.82, 2.24) is 4.98 Å². The fraction of sp³-hybridized carbons (Fsp3) is 0. The summed E-state index contributed by atoms with van der Waals surface area (Å²) in [5.41, 5.74) is 12.8. The summed E-state index contributed by atoms with van der Waals surface area (Å²) in [5.74, 6) is -1.12. The van der Waals surface area contributed by atoms with Crippen molar-refractivity contribution in [3.63, 3.8) is 0 Å². The summed E-state index contributed by atoms with van der Waals surface area (Å²) >= 11 is 0. The molecule has 0 spiro atoms. The number of pyridine rings is 1. The Kier molecular flexibility index (Phi) is 4.25. The van der Waals surface area contributed by atoms with Gasteiger partial charge in [-0.2, -0.15) is 5.10 Å². The minimum absolute atomic E-state index is 0.112. The Morgan fingerprint density at radius 2 is 1.86 bits per heavy atom. The Bertz CT molecular complexity index is 704. The number of rotatable bonds is 4. The molecule has 7 heteroatoms. The van der Waals surface area contributed by atoms with Crippen LogP contribution in [0.1, 0.15) is 15.9 Å². The zero-order chi connectivity index (χ0) is 15.2. The second-order valence-corrected chi connectivity index (χ2v) is 4.16. The third-order valence-electron chi connectivity index (χ3n) is 2.61. The predicted molar refractivity (Wildman–Crippen MR) is 80.0 cm³/mol.